The zero-order valence-electron chi connectivity index (χ0n) is 12.4. The average Bonchev–Trinajstić information content (AvgIpc) is 2.53. The van der Waals surface area contributed by atoms with Gasteiger partial charge in [0, 0.05) is 11.1 Å². The lowest BCUT2D eigenvalue weighted by Crippen LogP contribution is -2.16. The maximum Gasteiger partial charge on any atom is 0.411 e. The molecule has 0 radical (unpaired) electrons. The monoisotopic (exact) mass is 334 g/mol. The standard InChI is InChI=1S/C18H13F3O3/c19-18(20,21)12-24-11-15-5-3-13(4-6-15)1-2-14-7-9-16(10-8-14)17(22)23/h3-10H,11-12H2,(H,22,23). The molecule has 6 heteroatoms. The maximum absolute atomic E-state index is 12.0. The highest BCUT2D eigenvalue weighted by Crippen LogP contribution is 2.15. The van der Waals surface area contributed by atoms with Crippen molar-refractivity contribution in [3.63, 3.8) is 0 Å². The van der Waals surface area contributed by atoms with Crippen LogP contribution in [-0.4, -0.2) is 23.9 Å². The Bertz CT molecular complexity index is 751. The van der Waals surface area contributed by atoms with E-state index in [4.69, 9.17) is 5.11 Å². The van der Waals surface area contributed by atoms with Crippen LogP contribution in [0.5, 0.6) is 0 Å². The van der Waals surface area contributed by atoms with Gasteiger partial charge in [0.2, 0.25) is 0 Å². The molecular formula is C18H13F3O3. The summed E-state index contributed by atoms with van der Waals surface area (Å²) in [6.45, 7) is -1.40. The quantitative estimate of drug-likeness (QED) is 0.864. The minimum atomic E-state index is -4.33. The van der Waals surface area contributed by atoms with Crippen LogP contribution in [0, 0.1) is 11.8 Å². The summed E-state index contributed by atoms with van der Waals surface area (Å²) in [6.07, 6.45) is -4.33. The highest BCUT2D eigenvalue weighted by molar-refractivity contribution is 5.87. The first-order valence-electron chi connectivity index (χ1n) is 6.92. The van der Waals surface area contributed by atoms with E-state index in [-0.39, 0.29) is 12.2 Å². The summed E-state index contributed by atoms with van der Waals surface area (Å²) in [5.41, 5.74) is 2.16. The molecule has 1 N–H and O–H groups in total. The largest absolute Gasteiger partial charge is 0.478 e. The lowest BCUT2D eigenvalue weighted by molar-refractivity contribution is -0.176. The number of hydrogen-bond acceptors (Lipinski definition) is 2. The molecule has 0 amide bonds. The van der Waals surface area contributed by atoms with Crippen LogP contribution in [0.25, 0.3) is 0 Å². The minimum absolute atomic E-state index is 0.121. The number of rotatable bonds is 4. The smallest absolute Gasteiger partial charge is 0.411 e. The number of aromatic carboxylic acids is 1. The summed E-state index contributed by atoms with van der Waals surface area (Å²) in [6, 6.07) is 12.8. The summed E-state index contributed by atoms with van der Waals surface area (Å²) < 4.78 is 40.5. The molecule has 0 aliphatic carbocycles. The summed E-state index contributed by atoms with van der Waals surface area (Å²) in [5, 5.41) is 8.81. The van der Waals surface area contributed by atoms with Gasteiger partial charge in [0.1, 0.15) is 6.61 Å². The molecule has 2 aromatic rings. The molecular weight excluding hydrogens is 321 g/mol. The second-order valence-corrected chi connectivity index (χ2v) is 4.94. The molecule has 0 fully saturated rings. The predicted molar refractivity (Wildman–Crippen MR) is 81.5 cm³/mol. The van der Waals surface area contributed by atoms with Crippen molar-refractivity contribution in [1.29, 1.82) is 0 Å². The van der Waals surface area contributed by atoms with Gasteiger partial charge < -0.3 is 9.84 Å². The van der Waals surface area contributed by atoms with E-state index in [9.17, 15) is 18.0 Å². The van der Waals surface area contributed by atoms with Gasteiger partial charge in [-0.25, -0.2) is 4.79 Å². The number of benzene rings is 2. The molecule has 0 atom stereocenters. The predicted octanol–water partition coefficient (Wildman–Crippen LogP) is 3.86. The van der Waals surface area contributed by atoms with Gasteiger partial charge in [-0.15, -0.1) is 0 Å². The van der Waals surface area contributed by atoms with E-state index >= 15 is 0 Å². The lowest BCUT2D eigenvalue weighted by atomic mass is 10.1. The van der Waals surface area contributed by atoms with Gasteiger partial charge in [0.25, 0.3) is 0 Å². The van der Waals surface area contributed by atoms with Gasteiger partial charge in [-0.2, -0.15) is 13.2 Å². The molecule has 0 bridgehead atoms. The number of hydrogen-bond donors (Lipinski definition) is 1. The topological polar surface area (TPSA) is 46.5 Å². The first-order valence-corrected chi connectivity index (χ1v) is 6.92. The molecule has 0 unspecified atom stereocenters. The van der Waals surface area contributed by atoms with E-state index in [2.05, 4.69) is 16.6 Å². The van der Waals surface area contributed by atoms with Crippen LogP contribution in [0.3, 0.4) is 0 Å². The number of halogens is 3. The Morgan fingerprint density at radius 2 is 1.46 bits per heavy atom. The highest BCUT2D eigenvalue weighted by Gasteiger charge is 2.27. The fraction of sp³-hybridized carbons (Fsp3) is 0.167. The third-order valence-electron chi connectivity index (χ3n) is 2.97. The van der Waals surface area contributed by atoms with Gasteiger partial charge in [0.05, 0.1) is 12.2 Å². The molecule has 0 heterocycles. The Hall–Kier alpha value is -2.78. The van der Waals surface area contributed by atoms with Crippen LogP contribution < -0.4 is 0 Å². The van der Waals surface area contributed by atoms with E-state index < -0.39 is 18.8 Å². The van der Waals surface area contributed by atoms with E-state index in [1.54, 1.807) is 36.4 Å². The Morgan fingerprint density at radius 1 is 0.958 bits per heavy atom. The van der Waals surface area contributed by atoms with E-state index in [1.165, 1.54) is 12.1 Å². The highest BCUT2D eigenvalue weighted by atomic mass is 19.4. The molecule has 0 aromatic heterocycles. The second kappa shape index (κ2) is 7.66. The zero-order valence-corrected chi connectivity index (χ0v) is 12.4. The van der Waals surface area contributed by atoms with Gasteiger partial charge in [-0.1, -0.05) is 24.0 Å². The van der Waals surface area contributed by atoms with Gasteiger partial charge >= 0.3 is 12.1 Å². The van der Waals surface area contributed by atoms with Crippen LogP contribution in [0.4, 0.5) is 13.2 Å². The lowest BCUT2D eigenvalue weighted by Gasteiger charge is -2.07. The Morgan fingerprint density at radius 3 is 1.92 bits per heavy atom. The summed E-state index contributed by atoms with van der Waals surface area (Å²) in [4.78, 5) is 10.7. The molecule has 0 spiro atoms. The number of alkyl halides is 3. The minimum Gasteiger partial charge on any atom is -0.478 e. The zero-order chi connectivity index (χ0) is 17.6. The molecule has 0 aliphatic heterocycles. The van der Waals surface area contributed by atoms with Crippen molar-refractivity contribution in [3.8, 4) is 11.8 Å². The van der Waals surface area contributed by atoms with Crippen molar-refractivity contribution in [3.05, 3.63) is 70.8 Å². The third kappa shape index (κ3) is 5.78. The third-order valence-corrected chi connectivity index (χ3v) is 2.97. The van der Waals surface area contributed by atoms with Crippen LogP contribution in [-0.2, 0) is 11.3 Å². The van der Waals surface area contributed by atoms with Crippen molar-refractivity contribution >= 4 is 5.97 Å². The fourth-order valence-electron chi connectivity index (χ4n) is 1.81. The molecule has 124 valence electrons. The van der Waals surface area contributed by atoms with E-state index in [0.29, 0.717) is 16.7 Å². The molecule has 2 rings (SSSR count). The summed E-state index contributed by atoms with van der Waals surface area (Å²) in [5.74, 6) is 4.78. The molecule has 2 aromatic carbocycles. The number of carboxylic acid groups (broad SMARTS) is 1. The van der Waals surface area contributed by atoms with Crippen molar-refractivity contribution in [1.82, 2.24) is 0 Å². The van der Waals surface area contributed by atoms with E-state index in [1.807, 2.05) is 0 Å². The SMILES string of the molecule is O=C(O)c1ccc(C#Cc2ccc(COCC(F)(F)F)cc2)cc1. The van der Waals surface area contributed by atoms with Crippen LogP contribution in [0.15, 0.2) is 48.5 Å². The molecule has 3 nitrogen and oxygen atoms in total. The molecule has 24 heavy (non-hydrogen) atoms. The summed E-state index contributed by atoms with van der Waals surface area (Å²) >= 11 is 0. The van der Waals surface area contributed by atoms with Crippen molar-refractivity contribution in [2.24, 2.45) is 0 Å². The maximum atomic E-state index is 12.0. The van der Waals surface area contributed by atoms with Crippen LogP contribution >= 0.6 is 0 Å². The first kappa shape index (κ1) is 17.6. The Balaban J connectivity index is 1.95. The Labute approximate surface area is 136 Å². The summed E-state index contributed by atoms with van der Waals surface area (Å²) in [7, 11) is 0. The van der Waals surface area contributed by atoms with E-state index in [0.717, 1.165) is 0 Å². The first-order chi connectivity index (χ1) is 11.3. The second-order valence-electron chi connectivity index (χ2n) is 4.94. The number of ether oxygens (including phenoxy) is 1. The van der Waals surface area contributed by atoms with Gasteiger partial charge in [-0.3, -0.25) is 0 Å². The molecule has 0 saturated carbocycles. The van der Waals surface area contributed by atoms with Gasteiger partial charge in [-0.05, 0) is 42.0 Å². The van der Waals surface area contributed by atoms with Crippen molar-refractivity contribution in [2.45, 2.75) is 12.8 Å². The fourth-order valence-corrected chi connectivity index (χ4v) is 1.81. The van der Waals surface area contributed by atoms with Crippen LogP contribution in [0.1, 0.15) is 27.0 Å². The molecule has 0 saturated heterocycles. The number of carbonyl (C=O) groups is 1. The Kier molecular flexibility index (Phi) is 5.61. The van der Waals surface area contributed by atoms with Crippen LogP contribution in [0.2, 0.25) is 0 Å². The number of carboxylic acids is 1. The normalized spacial score (nSPS) is 10.8. The van der Waals surface area contributed by atoms with Crippen molar-refractivity contribution < 1.29 is 27.8 Å². The molecule has 0 aliphatic rings. The average molecular weight is 334 g/mol. The van der Waals surface area contributed by atoms with Crippen molar-refractivity contribution in [2.75, 3.05) is 6.61 Å². The van der Waals surface area contributed by atoms with Gasteiger partial charge in [0.15, 0.2) is 0 Å².